The summed E-state index contributed by atoms with van der Waals surface area (Å²) in [4.78, 5) is 22.7. The van der Waals surface area contributed by atoms with Gasteiger partial charge in [0.15, 0.2) is 0 Å². The van der Waals surface area contributed by atoms with Crippen molar-refractivity contribution in [3.05, 3.63) is 18.0 Å². The standard InChI is InChI=1S/C20H28N8O3S/c1-13-12-31-8-7-27(13)20-24-17(14-9-22-19(21)23-10-14)16-4-6-28(18(16)25-20)15-3-5-26(11-15)32(2,29)30/h9-10,13,15H,3-8,11-12H2,1-2H3,(H2,21,22,23)/t13-,15+/m0/s1. The van der Waals surface area contributed by atoms with Crippen molar-refractivity contribution in [2.45, 2.75) is 31.8 Å². The van der Waals surface area contributed by atoms with Crippen LogP contribution in [0.3, 0.4) is 0 Å². The first kappa shape index (κ1) is 21.3. The highest BCUT2D eigenvalue weighted by atomic mass is 32.2. The van der Waals surface area contributed by atoms with Crippen molar-refractivity contribution in [3.8, 4) is 11.3 Å². The molecule has 2 aromatic heterocycles. The number of aromatic nitrogens is 4. The largest absolute Gasteiger partial charge is 0.377 e. The minimum absolute atomic E-state index is 0.0892. The maximum Gasteiger partial charge on any atom is 0.228 e. The second-order valence-corrected chi connectivity index (χ2v) is 10.6. The summed E-state index contributed by atoms with van der Waals surface area (Å²) in [5, 5.41) is 0. The lowest BCUT2D eigenvalue weighted by Gasteiger charge is -2.34. The molecule has 32 heavy (non-hydrogen) atoms. The van der Waals surface area contributed by atoms with Crippen molar-refractivity contribution in [2.75, 3.05) is 61.2 Å². The molecule has 3 aliphatic rings. The van der Waals surface area contributed by atoms with Gasteiger partial charge in [0.25, 0.3) is 0 Å². The molecule has 172 valence electrons. The maximum absolute atomic E-state index is 12.0. The van der Waals surface area contributed by atoms with E-state index in [-0.39, 0.29) is 18.0 Å². The molecule has 0 aliphatic carbocycles. The van der Waals surface area contributed by atoms with Gasteiger partial charge < -0.3 is 20.3 Å². The van der Waals surface area contributed by atoms with Crippen LogP contribution in [0.2, 0.25) is 0 Å². The Morgan fingerprint density at radius 2 is 1.91 bits per heavy atom. The minimum Gasteiger partial charge on any atom is -0.377 e. The zero-order valence-electron chi connectivity index (χ0n) is 18.3. The van der Waals surface area contributed by atoms with Crippen molar-refractivity contribution >= 4 is 27.7 Å². The molecule has 0 radical (unpaired) electrons. The molecule has 0 unspecified atom stereocenters. The fourth-order valence-electron chi connectivity index (χ4n) is 4.74. The van der Waals surface area contributed by atoms with Crippen LogP contribution in [0.15, 0.2) is 12.4 Å². The Morgan fingerprint density at radius 3 is 2.59 bits per heavy atom. The van der Waals surface area contributed by atoms with Crippen molar-refractivity contribution in [2.24, 2.45) is 0 Å². The first-order chi connectivity index (χ1) is 15.3. The molecule has 3 aliphatic heterocycles. The predicted octanol–water partition coefficient (Wildman–Crippen LogP) is 0.137. The predicted molar refractivity (Wildman–Crippen MR) is 121 cm³/mol. The molecule has 2 fully saturated rings. The number of nitrogen functional groups attached to an aromatic ring is 1. The molecule has 2 N–H and O–H groups in total. The van der Waals surface area contributed by atoms with E-state index in [1.165, 1.54) is 6.26 Å². The van der Waals surface area contributed by atoms with Crippen molar-refractivity contribution < 1.29 is 13.2 Å². The number of hydrogen-bond donors (Lipinski definition) is 1. The molecule has 0 bridgehead atoms. The lowest BCUT2D eigenvalue weighted by atomic mass is 10.1. The van der Waals surface area contributed by atoms with E-state index in [1.54, 1.807) is 16.7 Å². The van der Waals surface area contributed by atoms with Crippen molar-refractivity contribution in [1.29, 1.82) is 0 Å². The Bertz CT molecular complexity index is 1110. The molecule has 11 nitrogen and oxygen atoms in total. The molecular formula is C20H28N8O3S. The van der Waals surface area contributed by atoms with Crippen LogP contribution in [-0.2, 0) is 21.2 Å². The Morgan fingerprint density at radius 1 is 1.12 bits per heavy atom. The molecule has 2 saturated heterocycles. The number of hydrogen-bond acceptors (Lipinski definition) is 10. The summed E-state index contributed by atoms with van der Waals surface area (Å²) in [7, 11) is -3.21. The van der Waals surface area contributed by atoms with E-state index in [1.807, 2.05) is 0 Å². The van der Waals surface area contributed by atoms with Crippen LogP contribution in [0.4, 0.5) is 17.7 Å². The highest BCUT2D eigenvalue weighted by Crippen LogP contribution is 2.38. The molecular weight excluding hydrogens is 432 g/mol. The summed E-state index contributed by atoms with van der Waals surface area (Å²) in [6.45, 7) is 5.84. The van der Waals surface area contributed by atoms with Gasteiger partial charge in [0.05, 0.1) is 31.2 Å². The Hall–Kier alpha value is -2.57. The lowest BCUT2D eigenvalue weighted by molar-refractivity contribution is 0.0981. The van der Waals surface area contributed by atoms with Crippen LogP contribution >= 0.6 is 0 Å². The van der Waals surface area contributed by atoms with E-state index in [2.05, 4.69) is 26.7 Å². The second-order valence-electron chi connectivity index (χ2n) is 8.63. The Balaban J connectivity index is 1.56. The molecule has 2 atom stereocenters. The number of ether oxygens (including phenoxy) is 1. The van der Waals surface area contributed by atoms with Gasteiger partial charge in [0, 0.05) is 55.7 Å². The third kappa shape index (κ3) is 3.86. The average Bonchev–Trinajstić information content (AvgIpc) is 3.41. The number of anilines is 3. The number of nitrogens with two attached hydrogens (primary N) is 1. The number of morpholine rings is 1. The van der Waals surface area contributed by atoms with E-state index in [4.69, 9.17) is 20.4 Å². The monoisotopic (exact) mass is 460 g/mol. The molecule has 2 aromatic rings. The summed E-state index contributed by atoms with van der Waals surface area (Å²) in [6, 6.07) is 0.241. The number of nitrogens with zero attached hydrogens (tertiary/aromatic N) is 7. The summed E-state index contributed by atoms with van der Waals surface area (Å²) in [5.41, 5.74) is 8.35. The van der Waals surface area contributed by atoms with Crippen LogP contribution < -0.4 is 15.5 Å². The van der Waals surface area contributed by atoms with E-state index in [9.17, 15) is 8.42 Å². The molecule has 0 spiro atoms. The smallest absolute Gasteiger partial charge is 0.228 e. The molecule has 0 aromatic carbocycles. The van der Waals surface area contributed by atoms with Gasteiger partial charge in [0.1, 0.15) is 5.82 Å². The van der Waals surface area contributed by atoms with E-state index >= 15 is 0 Å². The van der Waals surface area contributed by atoms with Crippen molar-refractivity contribution in [1.82, 2.24) is 24.2 Å². The molecule has 5 rings (SSSR count). The quantitative estimate of drug-likeness (QED) is 0.672. The van der Waals surface area contributed by atoms with E-state index in [0.717, 1.165) is 42.0 Å². The first-order valence-corrected chi connectivity index (χ1v) is 12.7. The zero-order chi connectivity index (χ0) is 22.5. The molecule has 0 saturated carbocycles. The van der Waals surface area contributed by atoms with Gasteiger partial charge in [-0.15, -0.1) is 0 Å². The van der Waals surface area contributed by atoms with E-state index in [0.29, 0.717) is 38.8 Å². The minimum atomic E-state index is -3.21. The molecule has 12 heteroatoms. The number of fused-ring (bicyclic) bond motifs is 1. The fourth-order valence-corrected chi connectivity index (χ4v) is 5.62. The van der Waals surface area contributed by atoms with Gasteiger partial charge in [-0.05, 0) is 19.8 Å². The van der Waals surface area contributed by atoms with Gasteiger partial charge >= 0.3 is 0 Å². The van der Waals surface area contributed by atoms with Gasteiger partial charge in [-0.2, -0.15) is 4.98 Å². The lowest BCUT2D eigenvalue weighted by Crippen LogP contribution is -2.45. The van der Waals surface area contributed by atoms with Gasteiger partial charge in [-0.1, -0.05) is 0 Å². The highest BCUT2D eigenvalue weighted by molar-refractivity contribution is 7.88. The fraction of sp³-hybridized carbons (Fsp3) is 0.600. The Labute approximate surface area is 187 Å². The topological polar surface area (TPSA) is 131 Å². The normalized spacial score (nSPS) is 24.2. The van der Waals surface area contributed by atoms with E-state index < -0.39 is 10.0 Å². The molecule has 5 heterocycles. The van der Waals surface area contributed by atoms with Gasteiger partial charge in [0.2, 0.25) is 21.9 Å². The third-order valence-electron chi connectivity index (χ3n) is 6.45. The van der Waals surface area contributed by atoms with Crippen LogP contribution in [0, 0.1) is 0 Å². The van der Waals surface area contributed by atoms with Gasteiger partial charge in [-0.25, -0.2) is 27.7 Å². The van der Waals surface area contributed by atoms with Crippen molar-refractivity contribution in [3.63, 3.8) is 0 Å². The first-order valence-electron chi connectivity index (χ1n) is 10.9. The number of sulfonamides is 1. The summed E-state index contributed by atoms with van der Waals surface area (Å²) < 4.78 is 31.2. The summed E-state index contributed by atoms with van der Waals surface area (Å²) in [6.07, 6.45) is 6.22. The number of rotatable bonds is 4. The summed E-state index contributed by atoms with van der Waals surface area (Å²) >= 11 is 0. The van der Waals surface area contributed by atoms with Crippen LogP contribution in [0.1, 0.15) is 18.9 Å². The summed E-state index contributed by atoms with van der Waals surface area (Å²) in [5.74, 6) is 1.74. The van der Waals surface area contributed by atoms with Crippen LogP contribution in [-0.4, -0.2) is 90.4 Å². The third-order valence-corrected chi connectivity index (χ3v) is 7.72. The zero-order valence-corrected chi connectivity index (χ0v) is 19.1. The second kappa shape index (κ2) is 8.09. The van der Waals surface area contributed by atoms with Gasteiger partial charge in [-0.3, -0.25) is 0 Å². The highest BCUT2D eigenvalue weighted by Gasteiger charge is 2.38. The van der Waals surface area contributed by atoms with Crippen LogP contribution in [0.25, 0.3) is 11.3 Å². The average molecular weight is 461 g/mol. The maximum atomic E-state index is 12.0. The van der Waals surface area contributed by atoms with Crippen LogP contribution in [0.5, 0.6) is 0 Å². The molecule has 0 amide bonds. The SMILES string of the molecule is C[C@H]1COCCN1c1nc(-c2cnc(N)nc2)c2c(n1)N([C@@H]1CCN(S(C)(=O)=O)C1)CC2. The Kier molecular flexibility index (Phi) is 5.38.